The third kappa shape index (κ3) is 2.58. The van der Waals surface area contributed by atoms with Crippen LogP contribution in [0.1, 0.15) is 10.4 Å². The molecule has 1 aromatic carbocycles. The molecule has 1 amide bonds. The van der Waals surface area contributed by atoms with Gasteiger partial charge in [-0.3, -0.25) is 9.78 Å². The van der Waals surface area contributed by atoms with Gasteiger partial charge in [0, 0.05) is 40.9 Å². The molecule has 0 bridgehead atoms. The molecule has 3 rings (SSSR count). The topological polar surface area (TPSA) is 60.9 Å². The average Bonchev–Trinajstić information content (AvgIpc) is 2.93. The molecule has 0 aliphatic carbocycles. The van der Waals surface area contributed by atoms with Gasteiger partial charge in [0.1, 0.15) is 0 Å². The van der Waals surface area contributed by atoms with Crippen molar-refractivity contribution in [3.05, 3.63) is 70.7 Å². The minimum Gasteiger partial charge on any atom is -0.366 e. The maximum atomic E-state index is 11.8. The number of primary amides is 1. The summed E-state index contributed by atoms with van der Waals surface area (Å²) in [6, 6.07) is 9.03. The molecule has 2 heterocycles. The number of hydrogen-bond donors (Lipinski definition) is 1. The van der Waals surface area contributed by atoms with Crippen molar-refractivity contribution >= 4 is 29.1 Å². The summed E-state index contributed by atoms with van der Waals surface area (Å²) in [5, 5.41) is 1.02. The van der Waals surface area contributed by atoms with Crippen LogP contribution in [0, 0.1) is 0 Å². The molecule has 0 atom stereocenters. The number of benzene rings is 1. The Hall–Kier alpha value is -2.30. The third-order valence-corrected chi connectivity index (χ3v) is 3.91. The van der Waals surface area contributed by atoms with Gasteiger partial charge >= 0.3 is 0 Å². The van der Waals surface area contributed by atoms with Crippen LogP contribution in [0.3, 0.4) is 0 Å². The minimum absolute atomic E-state index is 0.376. The number of rotatable bonds is 3. The summed E-state index contributed by atoms with van der Waals surface area (Å²) in [5.41, 5.74) is 7.97. The number of amides is 1. The summed E-state index contributed by atoms with van der Waals surface area (Å²) in [6.07, 6.45) is 6.58. The Kier molecular flexibility index (Phi) is 3.88. The molecule has 6 heteroatoms. The SMILES string of the molecule is NC(=O)c1cn(-c2ccncc2Cl)cc1-c1ccccc1Cl. The molecule has 0 fully saturated rings. The van der Waals surface area contributed by atoms with Crippen molar-refractivity contribution in [3.8, 4) is 16.8 Å². The Balaban J connectivity index is 2.22. The Bertz CT molecular complexity index is 858. The zero-order chi connectivity index (χ0) is 15.7. The molecule has 0 saturated heterocycles. The van der Waals surface area contributed by atoms with Crippen LogP contribution < -0.4 is 5.73 Å². The van der Waals surface area contributed by atoms with Crippen LogP contribution >= 0.6 is 23.2 Å². The number of halogens is 2. The lowest BCUT2D eigenvalue weighted by molar-refractivity contribution is 0.100. The van der Waals surface area contributed by atoms with E-state index in [4.69, 9.17) is 28.9 Å². The number of nitrogens with two attached hydrogens (primary N) is 1. The van der Waals surface area contributed by atoms with Gasteiger partial charge in [0.2, 0.25) is 0 Å². The summed E-state index contributed by atoms with van der Waals surface area (Å²) < 4.78 is 1.74. The number of carbonyl (C=O) groups excluding carboxylic acids is 1. The van der Waals surface area contributed by atoms with Gasteiger partial charge in [0.15, 0.2) is 0 Å². The van der Waals surface area contributed by atoms with E-state index in [-0.39, 0.29) is 0 Å². The van der Waals surface area contributed by atoms with Crippen molar-refractivity contribution in [3.63, 3.8) is 0 Å². The van der Waals surface area contributed by atoms with Crippen LogP contribution in [0.2, 0.25) is 10.0 Å². The fraction of sp³-hybridized carbons (Fsp3) is 0. The second-order valence-corrected chi connectivity index (χ2v) is 5.48. The standard InChI is InChI=1S/C16H11Cl2N3O/c17-13-4-2-1-3-10(13)11-8-21(9-12(11)16(19)22)15-5-6-20-7-14(15)18/h1-9H,(H2,19,22). The first kappa shape index (κ1) is 14.6. The van der Waals surface area contributed by atoms with Gasteiger partial charge in [-0.25, -0.2) is 0 Å². The third-order valence-electron chi connectivity index (χ3n) is 3.29. The number of pyridine rings is 1. The highest BCUT2D eigenvalue weighted by Crippen LogP contribution is 2.32. The summed E-state index contributed by atoms with van der Waals surface area (Å²) in [4.78, 5) is 15.7. The fourth-order valence-electron chi connectivity index (χ4n) is 2.26. The zero-order valence-electron chi connectivity index (χ0n) is 11.3. The molecule has 2 aromatic heterocycles. The van der Waals surface area contributed by atoms with E-state index in [1.54, 1.807) is 35.3 Å². The van der Waals surface area contributed by atoms with Gasteiger partial charge in [-0.2, -0.15) is 0 Å². The highest BCUT2D eigenvalue weighted by Gasteiger charge is 2.17. The van der Waals surface area contributed by atoms with E-state index >= 15 is 0 Å². The summed E-state index contributed by atoms with van der Waals surface area (Å²) >= 11 is 12.4. The highest BCUT2D eigenvalue weighted by molar-refractivity contribution is 6.33. The molecular formula is C16H11Cl2N3O. The van der Waals surface area contributed by atoms with Crippen LogP contribution in [0.5, 0.6) is 0 Å². The number of nitrogens with zero attached hydrogens (tertiary/aromatic N) is 2. The average molecular weight is 332 g/mol. The van der Waals surface area contributed by atoms with Crippen molar-refractivity contribution < 1.29 is 4.79 Å². The summed E-state index contributed by atoms with van der Waals surface area (Å²) in [7, 11) is 0. The lowest BCUT2D eigenvalue weighted by atomic mass is 10.0. The molecule has 0 unspecified atom stereocenters. The Labute approximate surface area is 137 Å². The van der Waals surface area contributed by atoms with Gasteiger partial charge in [0.25, 0.3) is 5.91 Å². The van der Waals surface area contributed by atoms with Crippen LogP contribution in [0.4, 0.5) is 0 Å². The molecule has 0 saturated carbocycles. The van der Waals surface area contributed by atoms with Crippen molar-refractivity contribution in [1.29, 1.82) is 0 Å². The van der Waals surface area contributed by atoms with E-state index in [1.807, 2.05) is 18.2 Å². The smallest absolute Gasteiger partial charge is 0.250 e. The maximum absolute atomic E-state index is 11.8. The fourth-order valence-corrected chi connectivity index (χ4v) is 2.72. The van der Waals surface area contributed by atoms with E-state index in [2.05, 4.69) is 4.98 Å². The predicted octanol–water partition coefficient (Wildman–Crippen LogP) is 3.95. The molecule has 110 valence electrons. The van der Waals surface area contributed by atoms with Gasteiger partial charge < -0.3 is 10.3 Å². The predicted molar refractivity (Wildman–Crippen MR) is 87.5 cm³/mol. The quantitative estimate of drug-likeness (QED) is 0.789. The van der Waals surface area contributed by atoms with Gasteiger partial charge in [-0.05, 0) is 12.1 Å². The van der Waals surface area contributed by atoms with Gasteiger partial charge in [-0.1, -0.05) is 41.4 Å². The second-order valence-electron chi connectivity index (χ2n) is 4.66. The van der Waals surface area contributed by atoms with Crippen molar-refractivity contribution in [2.24, 2.45) is 5.73 Å². The van der Waals surface area contributed by atoms with Crippen molar-refractivity contribution in [1.82, 2.24) is 9.55 Å². The van der Waals surface area contributed by atoms with Crippen LogP contribution in [0.15, 0.2) is 55.1 Å². The molecule has 2 N–H and O–H groups in total. The summed E-state index contributed by atoms with van der Waals surface area (Å²) in [6.45, 7) is 0. The van der Waals surface area contributed by atoms with Gasteiger partial charge in [0.05, 0.1) is 16.3 Å². The first-order valence-electron chi connectivity index (χ1n) is 6.44. The van der Waals surface area contributed by atoms with Crippen LogP contribution in [-0.2, 0) is 0 Å². The summed E-state index contributed by atoms with van der Waals surface area (Å²) in [5.74, 6) is -0.529. The Morgan fingerprint density at radius 2 is 1.82 bits per heavy atom. The number of carbonyl (C=O) groups is 1. The lowest BCUT2D eigenvalue weighted by Gasteiger charge is -2.04. The Morgan fingerprint density at radius 3 is 2.50 bits per heavy atom. The Morgan fingerprint density at radius 1 is 1.05 bits per heavy atom. The lowest BCUT2D eigenvalue weighted by Crippen LogP contribution is -2.11. The first-order valence-corrected chi connectivity index (χ1v) is 7.20. The van der Waals surface area contributed by atoms with Crippen LogP contribution in [0.25, 0.3) is 16.8 Å². The van der Waals surface area contributed by atoms with E-state index in [9.17, 15) is 4.79 Å². The number of aromatic nitrogens is 2. The molecule has 0 spiro atoms. The van der Waals surface area contributed by atoms with E-state index in [0.717, 1.165) is 5.56 Å². The van der Waals surface area contributed by atoms with Gasteiger partial charge in [-0.15, -0.1) is 0 Å². The largest absolute Gasteiger partial charge is 0.366 e. The molecule has 0 radical (unpaired) electrons. The maximum Gasteiger partial charge on any atom is 0.250 e. The first-order chi connectivity index (χ1) is 10.6. The van der Waals surface area contributed by atoms with E-state index in [0.29, 0.717) is 26.9 Å². The molecule has 0 aliphatic rings. The van der Waals surface area contributed by atoms with Crippen LogP contribution in [-0.4, -0.2) is 15.5 Å². The molecule has 22 heavy (non-hydrogen) atoms. The second kappa shape index (κ2) is 5.83. The molecular weight excluding hydrogens is 321 g/mol. The van der Waals surface area contributed by atoms with Crippen molar-refractivity contribution in [2.45, 2.75) is 0 Å². The normalized spacial score (nSPS) is 10.6. The minimum atomic E-state index is -0.529. The zero-order valence-corrected chi connectivity index (χ0v) is 12.8. The molecule has 0 aliphatic heterocycles. The van der Waals surface area contributed by atoms with E-state index in [1.165, 1.54) is 6.20 Å². The van der Waals surface area contributed by atoms with Crippen molar-refractivity contribution in [2.75, 3.05) is 0 Å². The monoisotopic (exact) mass is 331 g/mol. The molecule has 4 nitrogen and oxygen atoms in total. The molecule has 3 aromatic rings. The highest BCUT2D eigenvalue weighted by atomic mass is 35.5. The van der Waals surface area contributed by atoms with E-state index < -0.39 is 5.91 Å². The number of hydrogen-bond acceptors (Lipinski definition) is 2.